The second-order valence-corrected chi connectivity index (χ2v) is 12.5. The molecule has 4 rings (SSSR count). The van der Waals surface area contributed by atoms with Crippen LogP contribution in [0.4, 0.5) is 5.69 Å². The van der Waals surface area contributed by atoms with Crippen LogP contribution in [-0.2, 0) is 32.6 Å². The predicted octanol–water partition coefficient (Wildman–Crippen LogP) is 5.63. The molecule has 0 aromatic heterocycles. The molecule has 8 nitrogen and oxygen atoms in total. The van der Waals surface area contributed by atoms with Crippen LogP contribution < -0.4 is 14.4 Å². The highest BCUT2D eigenvalue weighted by Crippen LogP contribution is 2.34. The van der Waals surface area contributed by atoms with Gasteiger partial charge in [0.2, 0.25) is 11.8 Å². The first kappa shape index (κ1) is 32.6. The van der Waals surface area contributed by atoms with Crippen LogP contribution >= 0.6 is 11.6 Å². The van der Waals surface area contributed by atoms with Crippen molar-refractivity contribution in [2.75, 3.05) is 24.5 Å². The zero-order valence-electron chi connectivity index (χ0n) is 24.9. The lowest BCUT2D eigenvalue weighted by atomic mass is 10.0. The number of nitrogens with one attached hydrogen (secondary N) is 1. The Morgan fingerprint density at radius 3 is 2.18 bits per heavy atom. The normalized spacial score (nSPS) is 11.8. The van der Waals surface area contributed by atoms with Gasteiger partial charge >= 0.3 is 0 Å². The van der Waals surface area contributed by atoms with Gasteiger partial charge < -0.3 is 15.0 Å². The molecule has 0 aliphatic heterocycles. The molecule has 4 aromatic rings. The van der Waals surface area contributed by atoms with Crippen LogP contribution in [0.1, 0.15) is 23.6 Å². The van der Waals surface area contributed by atoms with Crippen LogP contribution in [0.25, 0.3) is 0 Å². The summed E-state index contributed by atoms with van der Waals surface area (Å²) in [6, 6.07) is 28.5. The molecule has 0 unspecified atom stereocenters. The zero-order valence-corrected chi connectivity index (χ0v) is 26.5. The maximum Gasteiger partial charge on any atom is 0.264 e. The minimum absolute atomic E-state index is 0.0126. The van der Waals surface area contributed by atoms with Gasteiger partial charge in [-0.1, -0.05) is 84.4 Å². The number of carbonyl (C=O) groups is 2. The van der Waals surface area contributed by atoms with E-state index in [1.54, 1.807) is 67.6 Å². The lowest BCUT2D eigenvalue weighted by molar-refractivity contribution is -0.140. The number of nitrogens with zero attached hydrogens (tertiary/aromatic N) is 2. The Hall–Kier alpha value is -4.34. The Morgan fingerprint density at radius 1 is 0.909 bits per heavy atom. The van der Waals surface area contributed by atoms with Crippen LogP contribution in [0.15, 0.2) is 108 Å². The monoisotopic (exact) mass is 633 g/mol. The first-order chi connectivity index (χ1) is 21.1. The number of benzene rings is 4. The van der Waals surface area contributed by atoms with Crippen molar-refractivity contribution < 1.29 is 22.7 Å². The highest BCUT2D eigenvalue weighted by Gasteiger charge is 2.35. The molecule has 1 atom stereocenters. The summed E-state index contributed by atoms with van der Waals surface area (Å²) in [5.41, 5.74) is 2.45. The van der Waals surface area contributed by atoms with E-state index >= 15 is 0 Å². The number of halogens is 1. The second-order valence-electron chi connectivity index (χ2n) is 10.2. The number of likely N-dealkylation sites (N-methyl/N-ethyl adjacent to an activating group) is 1. The minimum atomic E-state index is -4.25. The number of aryl methyl sites for hydroxylation is 1. The molecule has 230 valence electrons. The summed E-state index contributed by atoms with van der Waals surface area (Å²) >= 11 is 6.53. The third-order valence-electron chi connectivity index (χ3n) is 7.13. The highest BCUT2D eigenvalue weighted by atomic mass is 35.5. The molecule has 0 aliphatic rings. The lowest BCUT2D eigenvalue weighted by Gasteiger charge is -2.34. The summed E-state index contributed by atoms with van der Waals surface area (Å²) in [6.07, 6.45) is 0.210. The molecule has 0 heterocycles. The number of hydrogen-bond acceptors (Lipinski definition) is 5. The average Bonchev–Trinajstić information content (AvgIpc) is 3.03. The highest BCUT2D eigenvalue weighted by molar-refractivity contribution is 7.92. The predicted molar refractivity (Wildman–Crippen MR) is 173 cm³/mol. The van der Waals surface area contributed by atoms with Crippen molar-refractivity contribution in [2.45, 2.75) is 37.8 Å². The van der Waals surface area contributed by atoms with Crippen molar-refractivity contribution in [2.24, 2.45) is 0 Å². The van der Waals surface area contributed by atoms with E-state index in [1.807, 2.05) is 37.3 Å². The second kappa shape index (κ2) is 14.9. The summed E-state index contributed by atoms with van der Waals surface area (Å²) < 4.78 is 35.0. The Morgan fingerprint density at radius 2 is 1.55 bits per heavy atom. The number of carbonyl (C=O) groups excluding carboxylic acids is 2. The number of rotatable bonds is 13. The first-order valence-electron chi connectivity index (χ1n) is 14.2. The first-order valence-corrected chi connectivity index (χ1v) is 16.0. The number of hydrogen-bond donors (Lipinski definition) is 1. The molecule has 0 saturated heterocycles. The van der Waals surface area contributed by atoms with E-state index in [-0.39, 0.29) is 35.2 Å². The molecule has 1 N–H and O–H groups in total. The summed E-state index contributed by atoms with van der Waals surface area (Å²) in [6.45, 7) is 3.37. The van der Waals surface area contributed by atoms with Gasteiger partial charge in [0, 0.05) is 24.5 Å². The molecule has 44 heavy (non-hydrogen) atoms. The van der Waals surface area contributed by atoms with Crippen molar-refractivity contribution in [3.05, 3.63) is 125 Å². The van der Waals surface area contributed by atoms with E-state index in [0.29, 0.717) is 17.1 Å². The number of amides is 2. The molecular formula is C34H36ClN3O5S. The fraction of sp³-hybridized carbons (Fsp3) is 0.235. The molecule has 4 aromatic carbocycles. The van der Waals surface area contributed by atoms with Crippen molar-refractivity contribution in [3.8, 4) is 5.75 Å². The largest absolute Gasteiger partial charge is 0.495 e. The van der Waals surface area contributed by atoms with Crippen LogP contribution in [0.3, 0.4) is 0 Å². The zero-order chi connectivity index (χ0) is 31.7. The summed E-state index contributed by atoms with van der Waals surface area (Å²) in [5.74, 6) is -0.660. The Kier molecular flexibility index (Phi) is 11.0. The molecule has 10 heteroatoms. The quantitative estimate of drug-likeness (QED) is 0.206. The lowest BCUT2D eigenvalue weighted by Crippen LogP contribution is -2.53. The fourth-order valence-corrected chi connectivity index (χ4v) is 6.52. The molecule has 0 aliphatic carbocycles. The molecule has 0 bridgehead atoms. The third kappa shape index (κ3) is 7.78. The van der Waals surface area contributed by atoms with E-state index < -0.39 is 28.5 Å². The minimum Gasteiger partial charge on any atom is -0.495 e. The number of methoxy groups -OCH3 is 1. The molecule has 0 radical (unpaired) electrons. The SMILES string of the molecule is CCNC(=O)[C@H](Cc1ccccc1)N(Cc1ccccc1Cl)C(=O)CN(c1cc(C)ccc1OC)S(=O)(=O)c1ccccc1. The van der Waals surface area contributed by atoms with Gasteiger partial charge in [-0.2, -0.15) is 0 Å². The van der Waals surface area contributed by atoms with E-state index in [4.69, 9.17) is 16.3 Å². The van der Waals surface area contributed by atoms with Crippen molar-refractivity contribution >= 4 is 39.1 Å². The topological polar surface area (TPSA) is 96.0 Å². The Bertz CT molecular complexity index is 1680. The van der Waals surface area contributed by atoms with Crippen molar-refractivity contribution in [3.63, 3.8) is 0 Å². The summed E-state index contributed by atoms with van der Waals surface area (Å²) in [4.78, 5) is 29.5. The molecule has 0 spiro atoms. The average molecular weight is 634 g/mol. The van der Waals surface area contributed by atoms with Crippen molar-refractivity contribution in [1.29, 1.82) is 0 Å². The Balaban J connectivity index is 1.85. The van der Waals surface area contributed by atoms with Gasteiger partial charge in [-0.3, -0.25) is 13.9 Å². The number of sulfonamides is 1. The van der Waals surface area contributed by atoms with Gasteiger partial charge in [-0.15, -0.1) is 0 Å². The van der Waals surface area contributed by atoms with Crippen LogP contribution in [0, 0.1) is 6.92 Å². The molecule has 0 fully saturated rings. The molecule has 2 amide bonds. The van der Waals surface area contributed by atoms with Gasteiger partial charge in [0.1, 0.15) is 18.3 Å². The maximum absolute atomic E-state index is 14.5. The third-order valence-corrected chi connectivity index (χ3v) is 9.28. The van der Waals surface area contributed by atoms with E-state index in [0.717, 1.165) is 15.4 Å². The maximum atomic E-state index is 14.5. The van der Waals surface area contributed by atoms with E-state index in [2.05, 4.69) is 5.32 Å². The van der Waals surface area contributed by atoms with Crippen LogP contribution in [0.2, 0.25) is 5.02 Å². The van der Waals surface area contributed by atoms with Gasteiger partial charge in [-0.05, 0) is 60.9 Å². The Labute approximate surface area is 264 Å². The molecular weight excluding hydrogens is 598 g/mol. The van der Waals surface area contributed by atoms with E-state index in [1.165, 1.54) is 24.1 Å². The summed E-state index contributed by atoms with van der Waals surface area (Å²) in [7, 11) is -2.81. The fourth-order valence-electron chi connectivity index (χ4n) is 4.88. The standard InChI is InChI=1S/C34H36ClN3O5S/c1-4-36-34(40)31(22-26-13-7-5-8-14-26)37(23-27-15-11-12-18-29(27)35)33(39)24-38(30-21-25(2)19-20-32(30)43-3)44(41,42)28-16-9-6-10-17-28/h5-21,31H,4,22-24H2,1-3H3,(H,36,40)/t31-/m0/s1. The van der Waals surface area contributed by atoms with Crippen LogP contribution in [0.5, 0.6) is 5.75 Å². The van der Waals surface area contributed by atoms with Gasteiger partial charge in [-0.25, -0.2) is 8.42 Å². The smallest absolute Gasteiger partial charge is 0.264 e. The summed E-state index contributed by atoms with van der Waals surface area (Å²) in [5, 5.41) is 3.28. The van der Waals surface area contributed by atoms with Crippen LogP contribution in [-0.4, -0.2) is 51.4 Å². The van der Waals surface area contributed by atoms with Crippen molar-refractivity contribution in [1.82, 2.24) is 10.2 Å². The van der Waals surface area contributed by atoms with Gasteiger partial charge in [0.15, 0.2) is 0 Å². The van der Waals surface area contributed by atoms with Gasteiger partial charge in [0.05, 0.1) is 17.7 Å². The molecule has 0 saturated carbocycles. The number of ether oxygens (including phenoxy) is 1. The van der Waals surface area contributed by atoms with Gasteiger partial charge in [0.25, 0.3) is 10.0 Å². The van der Waals surface area contributed by atoms with E-state index in [9.17, 15) is 18.0 Å². The number of anilines is 1.